The number of esters is 1. The van der Waals surface area contributed by atoms with Crippen molar-refractivity contribution in [3.63, 3.8) is 0 Å². The summed E-state index contributed by atoms with van der Waals surface area (Å²) < 4.78 is 15.6. The molecule has 0 aromatic heterocycles. The molecule has 9 nitrogen and oxygen atoms in total. The Bertz CT molecular complexity index is 958. The van der Waals surface area contributed by atoms with Crippen LogP contribution < -0.4 is 14.8 Å². The van der Waals surface area contributed by atoms with Gasteiger partial charge in [-0.2, -0.15) is 0 Å². The van der Waals surface area contributed by atoms with Crippen molar-refractivity contribution >= 4 is 17.6 Å². The van der Waals surface area contributed by atoms with Crippen molar-refractivity contribution < 1.29 is 28.7 Å². The van der Waals surface area contributed by atoms with Crippen LogP contribution in [-0.2, 0) is 9.53 Å². The predicted octanol–water partition coefficient (Wildman–Crippen LogP) is 2.71. The highest BCUT2D eigenvalue weighted by atomic mass is 16.6. The molecule has 1 unspecified atom stereocenters. The Morgan fingerprint density at radius 1 is 1.21 bits per heavy atom. The Hall–Kier alpha value is -3.62. The van der Waals surface area contributed by atoms with Crippen molar-refractivity contribution in [1.29, 1.82) is 0 Å². The molecule has 1 aliphatic rings. The van der Waals surface area contributed by atoms with Gasteiger partial charge in [0.05, 0.1) is 17.0 Å². The molecule has 2 aromatic rings. The van der Waals surface area contributed by atoms with Crippen LogP contribution in [0.3, 0.4) is 0 Å². The fourth-order valence-corrected chi connectivity index (χ4v) is 3.03. The number of fused-ring (bicyclic) bond motifs is 1. The normalized spacial score (nSPS) is 13.3. The number of nitro benzene ring substituents is 1. The van der Waals surface area contributed by atoms with E-state index in [1.165, 1.54) is 6.07 Å². The number of nitrogens with zero attached hydrogens (tertiary/aromatic N) is 1. The summed E-state index contributed by atoms with van der Waals surface area (Å²) in [6, 6.07) is 9.62. The van der Waals surface area contributed by atoms with Crippen LogP contribution in [-0.4, -0.2) is 36.6 Å². The van der Waals surface area contributed by atoms with E-state index in [-0.39, 0.29) is 36.3 Å². The van der Waals surface area contributed by atoms with E-state index in [0.717, 1.165) is 17.2 Å². The van der Waals surface area contributed by atoms with Gasteiger partial charge in [-0.05, 0) is 25.0 Å². The number of nitro groups is 1. The fraction of sp³-hybridized carbons (Fsp3) is 0.300. The number of benzene rings is 2. The first kappa shape index (κ1) is 20.1. The Kier molecular flexibility index (Phi) is 5.96. The molecule has 0 saturated heterocycles. The van der Waals surface area contributed by atoms with Crippen LogP contribution >= 0.6 is 0 Å². The topological polar surface area (TPSA) is 117 Å². The highest BCUT2D eigenvalue weighted by Gasteiger charge is 2.28. The van der Waals surface area contributed by atoms with Crippen LogP contribution in [0.5, 0.6) is 11.5 Å². The Labute approximate surface area is 166 Å². The molecule has 0 bridgehead atoms. The fourth-order valence-electron chi connectivity index (χ4n) is 3.03. The summed E-state index contributed by atoms with van der Waals surface area (Å²) in [5.74, 6) is -1.11. The maximum atomic E-state index is 12.4. The number of rotatable bonds is 6. The second-order valence-electron chi connectivity index (χ2n) is 6.49. The molecule has 1 heterocycles. The Morgan fingerprint density at radius 3 is 2.52 bits per heavy atom. The van der Waals surface area contributed by atoms with Crippen LogP contribution in [0.4, 0.5) is 5.69 Å². The van der Waals surface area contributed by atoms with Crippen molar-refractivity contribution in [3.05, 3.63) is 63.2 Å². The lowest BCUT2D eigenvalue weighted by molar-refractivity contribution is -0.385. The molecule has 3 rings (SSSR count). The molecule has 1 aliphatic heterocycles. The molecule has 1 N–H and O–H groups in total. The second kappa shape index (κ2) is 8.59. The van der Waals surface area contributed by atoms with E-state index < -0.39 is 29.1 Å². The minimum atomic E-state index is -0.993. The van der Waals surface area contributed by atoms with Gasteiger partial charge in [0, 0.05) is 6.07 Å². The van der Waals surface area contributed by atoms with E-state index in [9.17, 15) is 19.7 Å². The van der Waals surface area contributed by atoms with Crippen molar-refractivity contribution in [2.45, 2.75) is 19.9 Å². The van der Waals surface area contributed by atoms with E-state index in [1.807, 2.05) is 38.1 Å². The average Bonchev–Trinajstić information content (AvgIpc) is 2.71. The van der Waals surface area contributed by atoms with E-state index >= 15 is 0 Å². The maximum Gasteiger partial charge on any atom is 0.345 e. The lowest BCUT2D eigenvalue weighted by Crippen LogP contribution is -2.31. The summed E-state index contributed by atoms with van der Waals surface area (Å²) in [6.07, 6.45) is 0. The number of hydrogen-bond donors (Lipinski definition) is 1. The van der Waals surface area contributed by atoms with Crippen molar-refractivity contribution in [2.75, 3.05) is 19.8 Å². The van der Waals surface area contributed by atoms with E-state index in [0.29, 0.717) is 0 Å². The van der Waals surface area contributed by atoms with Crippen molar-refractivity contribution in [3.8, 4) is 11.5 Å². The largest absolute Gasteiger partial charge is 0.486 e. The van der Waals surface area contributed by atoms with Gasteiger partial charge >= 0.3 is 5.97 Å². The van der Waals surface area contributed by atoms with Gasteiger partial charge in [0.25, 0.3) is 11.6 Å². The first-order valence-electron chi connectivity index (χ1n) is 8.97. The third-order valence-corrected chi connectivity index (χ3v) is 4.44. The van der Waals surface area contributed by atoms with Gasteiger partial charge in [0.1, 0.15) is 18.8 Å². The number of amides is 1. The lowest BCUT2D eigenvalue weighted by atomic mass is 10.0. The molecule has 1 atom stereocenters. The maximum absolute atomic E-state index is 12.4. The summed E-state index contributed by atoms with van der Waals surface area (Å²) in [4.78, 5) is 35.1. The molecule has 2 aromatic carbocycles. The number of nitrogens with one attached hydrogen (secondary N) is 1. The Morgan fingerprint density at radius 2 is 1.86 bits per heavy atom. The Balaban J connectivity index is 1.66. The number of carbonyl (C=O) groups is 2. The van der Waals surface area contributed by atoms with E-state index in [2.05, 4.69) is 5.32 Å². The van der Waals surface area contributed by atoms with Crippen LogP contribution in [0.2, 0.25) is 0 Å². The van der Waals surface area contributed by atoms with Crippen molar-refractivity contribution in [2.24, 2.45) is 0 Å². The summed E-state index contributed by atoms with van der Waals surface area (Å²) in [5, 5.41) is 14.0. The van der Waals surface area contributed by atoms with Crippen LogP contribution in [0.15, 0.2) is 36.4 Å². The summed E-state index contributed by atoms with van der Waals surface area (Å²) in [6.45, 7) is 3.69. The lowest BCUT2D eigenvalue weighted by Gasteiger charge is -2.19. The highest BCUT2D eigenvalue weighted by Crippen LogP contribution is 2.36. The third-order valence-electron chi connectivity index (χ3n) is 4.44. The molecule has 29 heavy (non-hydrogen) atoms. The molecule has 0 saturated carbocycles. The molecule has 0 aliphatic carbocycles. The zero-order valence-electron chi connectivity index (χ0n) is 16.0. The standard InChI is InChI=1S/C20H20N2O7/c1-12-5-3-4-6-14(12)13(2)21-19(23)11-29-20(24)15-9-17-18(28-8-7-27-17)10-16(15)22(25)26/h3-6,9-10,13H,7-8,11H2,1-2H3,(H,21,23). The van der Waals surface area contributed by atoms with Gasteiger partial charge in [-0.25, -0.2) is 4.79 Å². The van der Waals surface area contributed by atoms with Gasteiger partial charge in [-0.1, -0.05) is 24.3 Å². The molecule has 0 spiro atoms. The molecule has 152 valence electrons. The first-order chi connectivity index (χ1) is 13.9. The summed E-state index contributed by atoms with van der Waals surface area (Å²) >= 11 is 0. The highest BCUT2D eigenvalue weighted by molar-refractivity contribution is 5.96. The van der Waals surface area contributed by atoms with Gasteiger partial charge < -0.3 is 19.5 Å². The van der Waals surface area contributed by atoms with Crippen molar-refractivity contribution in [1.82, 2.24) is 5.32 Å². The number of aryl methyl sites for hydroxylation is 1. The smallest absolute Gasteiger partial charge is 0.345 e. The zero-order chi connectivity index (χ0) is 21.0. The van der Waals surface area contributed by atoms with Crippen LogP contribution in [0.25, 0.3) is 0 Å². The van der Waals surface area contributed by atoms with E-state index in [1.54, 1.807) is 0 Å². The van der Waals surface area contributed by atoms with Gasteiger partial charge in [-0.3, -0.25) is 14.9 Å². The van der Waals surface area contributed by atoms with Crippen LogP contribution in [0, 0.1) is 17.0 Å². The predicted molar refractivity (Wildman–Crippen MR) is 102 cm³/mol. The second-order valence-corrected chi connectivity index (χ2v) is 6.49. The molecular formula is C20H20N2O7. The van der Waals surface area contributed by atoms with Gasteiger partial charge in [0.2, 0.25) is 0 Å². The van der Waals surface area contributed by atoms with Gasteiger partial charge in [-0.15, -0.1) is 0 Å². The minimum absolute atomic E-state index is 0.185. The first-order valence-corrected chi connectivity index (χ1v) is 8.97. The summed E-state index contributed by atoms with van der Waals surface area (Å²) in [5.41, 5.74) is 1.17. The summed E-state index contributed by atoms with van der Waals surface area (Å²) in [7, 11) is 0. The monoisotopic (exact) mass is 400 g/mol. The minimum Gasteiger partial charge on any atom is -0.486 e. The number of hydrogen-bond acceptors (Lipinski definition) is 7. The van der Waals surface area contributed by atoms with Crippen LogP contribution in [0.1, 0.15) is 34.5 Å². The van der Waals surface area contributed by atoms with E-state index in [4.69, 9.17) is 14.2 Å². The zero-order valence-corrected chi connectivity index (χ0v) is 16.0. The third kappa shape index (κ3) is 4.63. The molecule has 0 fully saturated rings. The molecular weight excluding hydrogens is 380 g/mol. The molecule has 0 radical (unpaired) electrons. The number of carbonyl (C=O) groups excluding carboxylic acids is 2. The SMILES string of the molecule is Cc1ccccc1C(C)NC(=O)COC(=O)c1cc2c(cc1[N+](=O)[O-])OCCO2. The number of ether oxygens (including phenoxy) is 3. The average molecular weight is 400 g/mol. The quantitative estimate of drug-likeness (QED) is 0.450. The molecule has 1 amide bonds. The van der Waals surface area contributed by atoms with Gasteiger partial charge in [0.15, 0.2) is 18.1 Å². The molecule has 9 heteroatoms.